The highest BCUT2D eigenvalue weighted by Crippen LogP contribution is 2.74. The number of rotatable bonds is 6. The zero-order chi connectivity index (χ0) is 25.1. The first-order valence-corrected chi connectivity index (χ1v) is 14.2. The molecule has 194 valence electrons. The van der Waals surface area contributed by atoms with Crippen LogP contribution >= 0.6 is 0 Å². The molecule has 0 heterocycles. The van der Waals surface area contributed by atoms with Crippen molar-refractivity contribution in [3.8, 4) is 0 Å². The van der Waals surface area contributed by atoms with Gasteiger partial charge >= 0.3 is 5.97 Å². The summed E-state index contributed by atoms with van der Waals surface area (Å²) >= 11 is 0. The van der Waals surface area contributed by atoms with Gasteiger partial charge in [0.25, 0.3) is 0 Å². The Morgan fingerprint density at radius 2 is 1.59 bits per heavy atom. The van der Waals surface area contributed by atoms with Crippen LogP contribution in [0.4, 0.5) is 0 Å². The van der Waals surface area contributed by atoms with Crippen molar-refractivity contribution in [2.75, 3.05) is 0 Å². The molecule has 0 aliphatic heterocycles. The summed E-state index contributed by atoms with van der Waals surface area (Å²) in [7, 11) is 0. The van der Waals surface area contributed by atoms with Gasteiger partial charge in [0, 0.05) is 12.3 Å². The lowest BCUT2D eigenvalue weighted by atomic mass is 9.34. The molecule has 0 radical (unpaired) electrons. The number of Topliss-reactive ketones (excluding diaryl/α,β-unsaturated/α-hetero) is 1. The topological polar surface area (TPSA) is 74.6 Å². The second kappa shape index (κ2) is 8.89. The summed E-state index contributed by atoms with van der Waals surface area (Å²) in [5, 5.41) is 20.3. The third-order valence-electron chi connectivity index (χ3n) is 12.6. The van der Waals surface area contributed by atoms with Gasteiger partial charge in [-0.05, 0) is 116 Å². The van der Waals surface area contributed by atoms with Crippen LogP contribution in [0.25, 0.3) is 0 Å². The minimum absolute atomic E-state index is 0.0439. The molecule has 2 N–H and O–H groups in total. The van der Waals surface area contributed by atoms with Crippen LogP contribution in [0.5, 0.6) is 0 Å². The number of carboxylic acids is 1. The fraction of sp³-hybridized carbons (Fsp3) is 0.933. The van der Waals surface area contributed by atoms with E-state index in [9.17, 15) is 19.8 Å². The second-order valence-electron chi connectivity index (χ2n) is 14.1. The predicted octanol–water partition coefficient (Wildman–Crippen LogP) is 6.88. The Morgan fingerprint density at radius 1 is 0.882 bits per heavy atom. The quantitative estimate of drug-likeness (QED) is 0.440. The molecule has 34 heavy (non-hydrogen) atoms. The van der Waals surface area contributed by atoms with Crippen molar-refractivity contribution >= 4 is 11.8 Å². The Labute approximate surface area is 207 Å². The third-order valence-corrected chi connectivity index (χ3v) is 12.6. The van der Waals surface area contributed by atoms with Gasteiger partial charge in [0.2, 0.25) is 0 Å². The van der Waals surface area contributed by atoms with Gasteiger partial charge in [-0.1, -0.05) is 41.0 Å². The highest BCUT2D eigenvalue weighted by Gasteiger charge is 2.67. The van der Waals surface area contributed by atoms with Crippen molar-refractivity contribution in [1.29, 1.82) is 0 Å². The fourth-order valence-electron chi connectivity index (χ4n) is 10.7. The molecule has 0 spiro atoms. The van der Waals surface area contributed by atoms with E-state index in [0.29, 0.717) is 29.5 Å². The monoisotopic (exact) mass is 474 g/mol. The van der Waals surface area contributed by atoms with Gasteiger partial charge in [-0.3, -0.25) is 9.59 Å². The average Bonchev–Trinajstić information content (AvgIpc) is 3.22. The van der Waals surface area contributed by atoms with E-state index in [1.165, 1.54) is 12.8 Å². The molecule has 4 saturated carbocycles. The predicted molar refractivity (Wildman–Crippen MR) is 135 cm³/mol. The number of aliphatic hydroxyl groups is 1. The Bertz CT molecular complexity index is 804. The largest absolute Gasteiger partial charge is 0.481 e. The third kappa shape index (κ3) is 3.80. The average molecular weight is 475 g/mol. The number of carbonyl (C=O) groups excluding carboxylic acids is 1. The van der Waals surface area contributed by atoms with Crippen LogP contribution < -0.4 is 0 Å². The lowest BCUT2D eigenvalue weighted by Gasteiger charge is -2.71. The molecule has 4 heteroatoms. The zero-order valence-electron chi connectivity index (χ0n) is 22.7. The molecule has 9 atom stereocenters. The van der Waals surface area contributed by atoms with Crippen LogP contribution in [0, 0.1) is 51.2 Å². The van der Waals surface area contributed by atoms with Crippen molar-refractivity contribution in [2.45, 2.75) is 125 Å². The maximum absolute atomic E-state index is 12.6. The lowest BCUT2D eigenvalue weighted by Crippen LogP contribution is -2.65. The number of fused-ring (bicyclic) bond motifs is 3. The number of hydrogen-bond acceptors (Lipinski definition) is 3. The molecule has 4 aliphatic rings. The zero-order valence-corrected chi connectivity index (χ0v) is 22.7. The number of carboxylic acid groups (broad SMARTS) is 1. The molecule has 4 nitrogen and oxygen atoms in total. The molecular weight excluding hydrogens is 424 g/mol. The summed E-state index contributed by atoms with van der Waals surface area (Å²) in [4.78, 5) is 24.1. The highest BCUT2D eigenvalue weighted by molar-refractivity contribution is 5.79. The van der Waals surface area contributed by atoms with Crippen LogP contribution in [0.1, 0.15) is 119 Å². The summed E-state index contributed by atoms with van der Waals surface area (Å²) in [5.41, 5.74) is 0.338. The highest BCUT2D eigenvalue weighted by atomic mass is 16.4. The van der Waals surface area contributed by atoms with E-state index in [1.807, 2.05) is 0 Å². The summed E-state index contributed by atoms with van der Waals surface area (Å²) in [6.45, 7) is 13.9. The standard InChI is InChI=1S/C30H50O4/c1-19(31)20-9-7-10-21(20)22-12-13-24-28(4)17-15-25(32)27(2,3)23(28)14-18-30(24,6)29(22,5)16-8-11-26(33)34/h20-25,32H,7-18H2,1-6H3,(H,33,34)/t20-,21?,22?,23?,24?,25-,28-,29+,30+/m0/s1. The molecule has 4 rings (SSSR count). The fourth-order valence-corrected chi connectivity index (χ4v) is 10.7. The van der Waals surface area contributed by atoms with Gasteiger partial charge < -0.3 is 10.2 Å². The molecule has 4 unspecified atom stereocenters. The molecule has 0 amide bonds. The summed E-state index contributed by atoms with van der Waals surface area (Å²) in [6.07, 6.45) is 11.7. The molecule has 0 bridgehead atoms. The minimum atomic E-state index is -0.696. The number of aliphatic carboxylic acids is 1. The van der Waals surface area contributed by atoms with Crippen LogP contribution in [0.3, 0.4) is 0 Å². The lowest BCUT2D eigenvalue weighted by molar-refractivity contribution is -0.232. The van der Waals surface area contributed by atoms with Crippen molar-refractivity contribution in [3.05, 3.63) is 0 Å². The van der Waals surface area contributed by atoms with Gasteiger partial charge in [0.05, 0.1) is 6.10 Å². The Kier molecular flexibility index (Phi) is 6.84. The Hall–Kier alpha value is -0.900. The number of carbonyl (C=O) groups is 2. The first kappa shape index (κ1) is 26.2. The molecular formula is C30H50O4. The van der Waals surface area contributed by atoms with E-state index >= 15 is 0 Å². The van der Waals surface area contributed by atoms with Crippen molar-refractivity contribution in [1.82, 2.24) is 0 Å². The SMILES string of the molecule is CC(=O)[C@@H]1CCCC1C1CCC2[C@@]3(C)CC[C@H](O)C(C)(C)C3CC[C@@]2(C)[C@]1(C)CCCC(=O)O. The van der Waals surface area contributed by atoms with E-state index in [1.54, 1.807) is 6.92 Å². The number of hydrogen-bond donors (Lipinski definition) is 2. The van der Waals surface area contributed by atoms with E-state index < -0.39 is 5.97 Å². The van der Waals surface area contributed by atoms with Crippen LogP contribution in [-0.4, -0.2) is 28.1 Å². The molecule has 4 fully saturated rings. The number of ketones is 1. The summed E-state index contributed by atoms with van der Waals surface area (Å²) < 4.78 is 0. The number of aliphatic hydroxyl groups excluding tert-OH is 1. The summed E-state index contributed by atoms with van der Waals surface area (Å²) in [5.74, 6) is 1.94. The second-order valence-corrected chi connectivity index (χ2v) is 14.1. The van der Waals surface area contributed by atoms with E-state index in [-0.39, 0.29) is 40.1 Å². The smallest absolute Gasteiger partial charge is 0.303 e. The van der Waals surface area contributed by atoms with E-state index in [2.05, 4.69) is 34.6 Å². The summed E-state index contributed by atoms with van der Waals surface area (Å²) in [6, 6.07) is 0. The van der Waals surface area contributed by atoms with Crippen LogP contribution in [0.2, 0.25) is 0 Å². The van der Waals surface area contributed by atoms with Crippen LogP contribution in [0.15, 0.2) is 0 Å². The van der Waals surface area contributed by atoms with Crippen LogP contribution in [-0.2, 0) is 9.59 Å². The normalized spacial score (nSPS) is 48.1. The Balaban J connectivity index is 1.73. The van der Waals surface area contributed by atoms with E-state index in [0.717, 1.165) is 57.8 Å². The molecule has 0 aromatic heterocycles. The van der Waals surface area contributed by atoms with E-state index in [4.69, 9.17) is 0 Å². The van der Waals surface area contributed by atoms with Gasteiger partial charge in [0.15, 0.2) is 0 Å². The van der Waals surface area contributed by atoms with Gasteiger partial charge in [0.1, 0.15) is 5.78 Å². The minimum Gasteiger partial charge on any atom is -0.481 e. The maximum atomic E-state index is 12.6. The molecule has 0 saturated heterocycles. The Morgan fingerprint density at radius 3 is 2.24 bits per heavy atom. The maximum Gasteiger partial charge on any atom is 0.303 e. The van der Waals surface area contributed by atoms with Crippen molar-refractivity contribution in [2.24, 2.45) is 51.2 Å². The molecule has 4 aliphatic carbocycles. The van der Waals surface area contributed by atoms with Gasteiger partial charge in [-0.2, -0.15) is 0 Å². The molecule has 0 aromatic rings. The van der Waals surface area contributed by atoms with Gasteiger partial charge in [-0.15, -0.1) is 0 Å². The first-order chi connectivity index (χ1) is 15.8. The van der Waals surface area contributed by atoms with Crippen molar-refractivity contribution < 1.29 is 19.8 Å². The first-order valence-electron chi connectivity index (χ1n) is 14.2. The van der Waals surface area contributed by atoms with Gasteiger partial charge in [-0.25, -0.2) is 0 Å². The van der Waals surface area contributed by atoms with Crippen molar-refractivity contribution in [3.63, 3.8) is 0 Å². The molecule has 0 aromatic carbocycles.